The average molecular weight is 216 g/mol. The molecule has 0 N–H and O–H groups in total. The monoisotopic (exact) mass is 216 g/mol. The van der Waals surface area contributed by atoms with Crippen molar-refractivity contribution in [2.75, 3.05) is 12.1 Å². The molecule has 82 valence electrons. The van der Waals surface area contributed by atoms with Crippen LogP contribution in [0.3, 0.4) is 0 Å². The Hall–Kier alpha value is -2.23. The Kier molecular flexibility index (Phi) is 2.91. The van der Waals surface area contributed by atoms with Crippen molar-refractivity contribution in [2.24, 2.45) is 0 Å². The second-order valence-electron chi connectivity index (χ2n) is 3.21. The summed E-state index contributed by atoms with van der Waals surface area (Å²) in [6.45, 7) is 0. The van der Waals surface area contributed by atoms with Gasteiger partial charge in [0.15, 0.2) is 0 Å². The summed E-state index contributed by atoms with van der Waals surface area (Å²) < 4.78 is 6.76. The number of nitrogens with zero attached hydrogens (tertiary/aromatic N) is 2. The molecular formula is C12H12N2O2. The van der Waals surface area contributed by atoms with Crippen molar-refractivity contribution in [1.29, 1.82) is 0 Å². The zero-order valence-electron chi connectivity index (χ0n) is 8.91. The summed E-state index contributed by atoms with van der Waals surface area (Å²) in [6, 6.07) is 11.0. The summed E-state index contributed by atoms with van der Waals surface area (Å²) in [7, 11) is 1.61. The number of anilines is 1. The van der Waals surface area contributed by atoms with E-state index in [2.05, 4.69) is 0 Å². The third-order valence-corrected chi connectivity index (χ3v) is 2.27. The Labute approximate surface area is 93.6 Å². The van der Waals surface area contributed by atoms with E-state index < -0.39 is 0 Å². The van der Waals surface area contributed by atoms with E-state index in [0.717, 1.165) is 17.8 Å². The molecule has 2 aromatic rings. The first-order valence-corrected chi connectivity index (χ1v) is 4.87. The van der Waals surface area contributed by atoms with Gasteiger partial charge in [-0.1, -0.05) is 0 Å². The first-order chi connectivity index (χ1) is 7.85. The second-order valence-corrected chi connectivity index (χ2v) is 3.21. The molecule has 4 heteroatoms. The molecule has 0 aliphatic heterocycles. The van der Waals surface area contributed by atoms with Crippen LogP contribution < -0.4 is 9.75 Å². The van der Waals surface area contributed by atoms with Gasteiger partial charge >= 0.3 is 0 Å². The zero-order valence-corrected chi connectivity index (χ0v) is 8.91. The van der Waals surface area contributed by atoms with E-state index >= 15 is 0 Å². The van der Waals surface area contributed by atoms with Crippen LogP contribution in [-0.4, -0.2) is 18.2 Å². The molecule has 0 saturated carbocycles. The van der Waals surface area contributed by atoms with E-state index in [1.54, 1.807) is 24.2 Å². The van der Waals surface area contributed by atoms with Gasteiger partial charge in [-0.3, -0.25) is 9.47 Å². The van der Waals surface area contributed by atoms with Crippen molar-refractivity contribution in [1.82, 2.24) is 4.68 Å². The second kappa shape index (κ2) is 4.53. The minimum absolute atomic E-state index is 0.766. The Morgan fingerprint density at radius 2 is 1.81 bits per heavy atom. The molecule has 1 aromatic carbocycles. The number of methoxy groups -OCH3 is 1. The first-order valence-electron chi connectivity index (χ1n) is 4.87. The van der Waals surface area contributed by atoms with Crippen LogP contribution in [-0.2, 0) is 4.79 Å². The summed E-state index contributed by atoms with van der Waals surface area (Å²) in [5.41, 5.74) is 0.784. The Morgan fingerprint density at radius 1 is 1.19 bits per heavy atom. The number of carbonyl (C=O) groups is 1. The lowest BCUT2D eigenvalue weighted by Crippen LogP contribution is -2.26. The molecular weight excluding hydrogens is 204 g/mol. The highest BCUT2D eigenvalue weighted by atomic mass is 16.5. The van der Waals surface area contributed by atoms with Crippen molar-refractivity contribution >= 4 is 12.1 Å². The lowest BCUT2D eigenvalue weighted by molar-refractivity contribution is -0.108. The van der Waals surface area contributed by atoms with Crippen molar-refractivity contribution in [3.63, 3.8) is 0 Å². The number of amides is 1. The number of ether oxygens (including phenoxy) is 1. The van der Waals surface area contributed by atoms with Gasteiger partial charge in [-0.05, 0) is 36.4 Å². The Bertz CT molecular complexity index is 448. The van der Waals surface area contributed by atoms with E-state index in [1.807, 2.05) is 36.4 Å². The Morgan fingerprint density at radius 3 is 2.31 bits per heavy atom. The smallest absolute Gasteiger partial charge is 0.233 e. The van der Waals surface area contributed by atoms with Gasteiger partial charge in [0.1, 0.15) is 5.75 Å². The topological polar surface area (TPSA) is 34.5 Å². The average Bonchev–Trinajstić information content (AvgIpc) is 2.85. The van der Waals surface area contributed by atoms with Gasteiger partial charge < -0.3 is 4.74 Å². The van der Waals surface area contributed by atoms with Crippen LogP contribution in [0.4, 0.5) is 5.69 Å². The SMILES string of the molecule is COc1ccc(N(C=O)n2cccc2)cc1. The summed E-state index contributed by atoms with van der Waals surface area (Å²) in [5, 5.41) is 1.50. The molecule has 0 fully saturated rings. The van der Waals surface area contributed by atoms with Gasteiger partial charge in [-0.15, -0.1) is 0 Å². The van der Waals surface area contributed by atoms with Crippen LogP contribution in [0.15, 0.2) is 48.8 Å². The van der Waals surface area contributed by atoms with Gasteiger partial charge in [-0.2, -0.15) is 0 Å². The molecule has 0 aliphatic rings. The molecule has 0 saturated heterocycles. The van der Waals surface area contributed by atoms with Crippen molar-refractivity contribution in [3.05, 3.63) is 48.8 Å². The molecule has 2 rings (SSSR count). The van der Waals surface area contributed by atoms with E-state index in [1.165, 1.54) is 5.01 Å². The van der Waals surface area contributed by atoms with Crippen LogP contribution in [0.25, 0.3) is 0 Å². The molecule has 0 bridgehead atoms. The highest BCUT2D eigenvalue weighted by Crippen LogP contribution is 2.18. The number of aromatic nitrogens is 1. The fraction of sp³-hybridized carbons (Fsp3) is 0.0833. The molecule has 16 heavy (non-hydrogen) atoms. The molecule has 1 amide bonds. The quantitative estimate of drug-likeness (QED) is 0.732. The minimum Gasteiger partial charge on any atom is -0.497 e. The lowest BCUT2D eigenvalue weighted by Gasteiger charge is -2.18. The molecule has 4 nitrogen and oxygen atoms in total. The predicted molar refractivity (Wildman–Crippen MR) is 61.4 cm³/mol. The van der Waals surface area contributed by atoms with Crippen molar-refractivity contribution < 1.29 is 9.53 Å². The van der Waals surface area contributed by atoms with Crippen molar-refractivity contribution in [3.8, 4) is 5.75 Å². The van der Waals surface area contributed by atoms with Crippen molar-refractivity contribution in [2.45, 2.75) is 0 Å². The summed E-state index contributed by atoms with van der Waals surface area (Å²) in [5.74, 6) is 0.766. The third-order valence-electron chi connectivity index (χ3n) is 2.27. The van der Waals surface area contributed by atoms with Crippen LogP contribution in [0, 0.1) is 0 Å². The summed E-state index contributed by atoms with van der Waals surface area (Å²) in [6.07, 6.45) is 4.37. The molecule has 0 atom stereocenters. The number of hydrogen-bond donors (Lipinski definition) is 0. The van der Waals surface area contributed by atoms with Crippen LogP contribution in [0.1, 0.15) is 0 Å². The normalized spacial score (nSPS) is 9.81. The number of hydrogen-bond acceptors (Lipinski definition) is 2. The largest absolute Gasteiger partial charge is 0.497 e. The fourth-order valence-corrected chi connectivity index (χ4v) is 1.45. The third kappa shape index (κ3) is 1.91. The maximum absolute atomic E-state index is 11.0. The highest BCUT2D eigenvalue weighted by molar-refractivity contribution is 5.74. The molecule has 0 aliphatic carbocycles. The van der Waals surface area contributed by atoms with Gasteiger partial charge in [-0.25, -0.2) is 5.01 Å². The van der Waals surface area contributed by atoms with E-state index in [0.29, 0.717) is 0 Å². The van der Waals surface area contributed by atoms with Crippen LogP contribution in [0.2, 0.25) is 0 Å². The fourth-order valence-electron chi connectivity index (χ4n) is 1.45. The maximum Gasteiger partial charge on any atom is 0.233 e. The number of benzene rings is 1. The Balaban J connectivity index is 2.30. The van der Waals surface area contributed by atoms with E-state index in [-0.39, 0.29) is 0 Å². The maximum atomic E-state index is 11.0. The molecule has 1 aromatic heterocycles. The molecule has 1 heterocycles. The van der Waals surface area contributed by atoms with Crippen LogP contribution in [0.5, 0.6) is 5.75 Å². The molecule has 0 spiro atoms. The van der Waals surface area contributed by atoms with Gasteiger partial charge in [0.05, 0.1) is 12.8 Å². The lowest BCUT2D eigenvalue weighted by atomic mass is 10.3. The first kappa shape index (κ1) is 10.3. The summed E-state index contributed by atoms with van der Waals surface area (Å²) in [4.78, 5) is 11.0. The summed E-state index contributed by atoms with van der Waals surface area (Å²) >= 11 is 0. The van der Waals surface area contributed by atoms with Gasteiger partial charge in [0.25, 0.3) is 0 Å². The minimum atomic E-state index is 0.766. The number of rotatable bonds is 4. The zero-order chi connectivity index (χ0) is 11.4. The van der Waals surface area contributed by atoms with E-state index in [9.17, 15) is 4.79 Å². The predicted octanol–water partition coefficient (Wildman–Crippen LogP) is 1.92. The molecule has 0 radical (unpaired) electrons. The van der Waals surface area contributed by atoms with Gasteiger partial charge in [0, 0.05) is 12.4 Å². The highest BCUT2D eigenvalue weighted by Gasteiger charge is 2.05. The standard InChI is InChI=1S/C12H12N2O2/c1-16-12-6-4-11(5-7-12)14(10-15)13-8-2-3-9-13/h2-10H,1H3. The number of carbonyl (C=O) groups excluding carboxylic acids is 1. The van der Waals surface area contributed by atoms with Gasteiger partial charge in [0.2, 0.25) is 6.41 Å². The van der Waals surface area contributed by atoms with Crippen LogP contribution >= 0.6 is 0 Å². The van der Waals surface area contributed by atoms with E-state index in [4.69, 9.17) is 4.74 Å². The molecule has 0 unspecified atom stereocenters.